The fraction of sp³-hybridized carbons (Fsp3) is 0.562. The lowest BCUT2D eigenvalue weighted by atomic mass is 10.1. The van der Waals surface area contributed by atoms with Crippen molar-refractivity contribution in [3.63, 3.8) is 0 Å². The van der Waals surface area contributed by atoms with Crippen molar-refractivity contribution >= 4 is 5.82 Å². The summed E-state index contributed by atoms with van der Waals surface area (Å²) in [6.45, 7) is 7.88. The first kappa shape index (κ1) is 15.0. The molecule has 0 fully saturated rings. The maximum absolute atomic E-state index is 5.17. The number of hydrogen-bond donors (Lipinski definition) is 1. The molecule has 0 bridgehead atoms. The molecule has 0 unspecified atom stereocenters. The smallest absolute Gasteiger partial charge is 0.128 e. The third kappa shape index (κ3) is 4.32. The first-order chi connectivity index (χ1) is 9.69. The van der Waals surface area contributed by atoms with Gasteiger partial charge in [-0.25, -0.2) is 4.98 Å². The second-order valence-corrected chi connectivity index (χ2v) is 5.55. The topological polar surface area (TPSA) is 37.4 Å². The van der Waals surface area contributed by atoms with E-state index in [1.54, 1.807) is 7.11 Å². The molecule has 1 aromatic rings. The summed E-state index contributed by atoms with van der Waals surface area (Å²) in [4.78, 5) is 6.88. The van der Waals surface area contributed by atoms with Gasteiger partial charge in [0, 0.05) is 39.0 Å². The SMILES string of the molecule is COCC1=CCN(c2ccc(CNC(C)C)cn2)CC1. The molecule has 110 valence electrons. The van der Waals surface area contributed by atoms with Crippen LogP contribution in [-0.4, -0.2) is 37.8 Å². The number of rotatable bonds is 6. The summed E-state index contributed by atoms with van der Waals surface area (Å²) >= 11 is 0. The Bertz CT molecular complexity index is 440. The van der Waals surface area contributed by atoms with Crippen molar-refractivity contribution in [2.24, 2.45) is 0 Å². The molecule has 0 saturated heterocycles. The van der Waals surface area contributed by atoms with Crippen molar-refractivity contribution in [1.82, 2.24) is 10.3 Å². The van der Waals surface area contributed by atoms with Gasteiger partial charge >= 0.3 is 0 Å². The third-order valence-corrected chi connectivity index (χ3v) is 3.48. The normalized spacial score (nSPS) is 15.6. The van der Waals surface area contributed by atoms with Crippen LogP contribution in [0.25, 0.3) is 0 Å². The van der Waals surface area contributed by atoms with E-state index < -0.39 is 0 Å². The Morgan fingerprint density at radius 3 is 2.80 bits per heavy atom. The van der Waals surface area contributed by atoms with Gasteiger partial charge in [-0.15, -0.1) is 0 Å². The highest BCUT2D eigenvalue weighted by Gasteiger charge is 2.12. The van der Waals surface area contributed by atoms with E-state index in [-0.39, 0.29) is 0 Å². The minimum Gasteiger partial charge on any atom is -0.380 e. The molecular weight excluding hydrogens is 250 g/mol. The van der Waals surface area contributed by atoms with Crippen molar-refractivity contribution in [3.05, 3.63) is 35.5 Å². The standard InChI is InChI=1S/C16H25N3O/c1-13(2)17-10-15-4-5-16(18-11-15)19-8-6-14(7-9-19)12-20-3/h4-6,11,13,17H,7-10,12H2,1-3H3. The number of nitrogens with zero attached hydrogens (tertiary/aromatic N) is 2. The monoisotopic (exact) mass is 275 g/mol. The Kier molecular flexibility index (Phi) is 5.56. The second-order valence-electron chi connectivity index (χ2n) is 5.55. The molecule has 4 nitrogen and oxygen atoms in total. The van der Waals surface area contributed by atoms with Crippen molar-refractivity contribution in [1.29, 1.82) is 0 Å². The molecule has 0 spiro atoms. The fourth-order valence-electron chi connectivity index (χ4n) is 2.27. The van der Waals surface area contributed by atoms with Crippen molar-refractivity contribution in [3.8, 4) is 0 Å². The van der Waals surface area contributed by atoms with Gasteiger partial charge in [0.25, 0.3) is 0 Å². The van der Waals surface area contributed by atoms with Gasteiger partial charge in [-0.1, -0.05) is 26.0 Å². The summed E-state index contributed by atoms with van der Waals surface area (Å²) in [5.41, 5.74) is 2.62. The molecule has 0 amide bonds. The largest absolute Gasteiger partial charge is 0.380 e. The number of aromatic nitrogens is 1. The number of pyridine rings is 1. The molecule has 1 aliphatic rings. The minimum atomic E-state index is 0.501. The quantitative estimate of drug-likeness (QED) is 0.809. The second kappa shape index (κ2) is 7.41. The average molecular weight is 275 g/mol. The lowest BCUT2D eigenvalue weighted by Crippen LogP contribution is -2.30. The van der Waals surface area contributed by atoms with E-state index in [9.17, 15) is 0 Å². The molecule has 0 radical (unpaired) electrons. The van der Waals surface area contributed by atoms with Crippen LogP contribution < -0.4 is 10.2 Å². The molecule has 2 heterocycles. The van der Waals surface area contributed by atoms with Crippen LogP contribution in [0.1, 0.15) is 25.8 Å². The first-order valence-corrected chi connectivity index (χ1v) is 7.29. The number of ether oxygens (including phenoxy) is 1. The molecule has 0 aromatic carbocycles. The maximum Gasteiger partial charge on any atom is 0.128 e. The van der Waals surface area contributed by atoms with Crippen molar-refractivity contribution in [2.75, 3.05) is 31.7 Å². The average Bonchev–Trinajstić information content (AvgIpc) is 2.47. The highest BCUT2D eigenvalue weighted by Crippen LogP contribution is 2.18. The fourth-order valence-corrected chi connectivity index (χ4v) is 2.27. The van der Waals surface area contributed by atoms with E-state index in [1.165, 1.54) is 11.1 Å². The highest BCUT2D eigenvalue weighted by atomic mass is 16.5. The van der Waals surface area contributed by atoms with Crippen LogP contribution in [0.2, 0.25) is 0 Å². The highest BCUT2D eigenvalue weighted by molar-refractivity contribution is 5.42. The van der Waals surface area contributed by atoms with Gasteiger partial charge in [0.05, 0.1) is 6.61 Å². The molecule has 1 aliphatic heterocycles. The zero-order valence-electron chi connectivity index (χ0n) is 12.7. The molecule has 0 atom stereocenters. The summed E-state index contributed by atoms with van der Waals surface area (Å²) < 4.78 is 5.17. The Labute approximate surface area is 121 Å². The van der Waals surface area contributed by atoms with Crippen molar-refractivity contribution in [2.45, 2.75) is 32.9 Å². The van der Waals surface area contributed by atoms with Crippen LogP contribution in [0.4, 0.5) is 5.82 Å². The molecule has 20 heavy (non-hydrogen) atoms. The number of nitrogens with one attached hydrogen (secondary N) is 1. The van der Waals surface area contributed by atoms with Gasteiger partial charge in [-0.2, -0.15) is 0 Å². The van der Waals surface area contributed by atoms with E-state index in [4.69, 9.17) is 4.74 Å². The van der Waals surface area contributed by atoms with Crippen LogP contribution in [0.15, 0.2) is 30.0 Å². The Morgan fingerprint density at radius 1 is 1.40 bits per heavy atom. The summed E-state index contributed by atoms with van der Waals surface area (Å²) in [7, 11) is 1.75. The summed E-state index contributed by atoms with van der Waals surface area (Å²) in [6.07, 6.45) is 5.29. The Hall–Kier alpha value is -1.39. The summed E-state index contributed by atoms with van der Waals surface area (Å²) in [5.74, 6) is 1.06. The maximum atomic E-state index is 5.17. The van der Waals surface area contributed by atoms with Crippen LogP contribution >= 0.6 is 0 Å². The predicted molar refractivity (Wildman–Crippen MR) is 83.0 cm³/mol. The van der Waals surface area contributed by atoms with Gasteiger partial charge in [0.2, 0.25) is 0 Å². The Morgan fingerprint density at radius 2 is 2.25 bits per heavy atom. The van der Waals surface area contributed by atoms with E-state index in [1.807, 2.05) is 6.20 Å². The van der Waals surface area contributed by atoms with Crippen LogP contribution in [0.3, 0.4) is 0 Å². The Balaban J connectivity index is 1.91. The van der Waals surface area contributed by atoms with E-state index >= 15 is 0 Å². The number of hydrogen-bond acceptors (Lipinski definition) is 4. The van der Waals surface area contributed by atoms with Crippen LogP contribution in [0, 0.1) is 0 Å². The summed E-state index contributed by atoms with van der Waals surface area (Å²) in [5, 5.41) is 3.40. The molecular formula is C16H25N3O. The van der Waals surface area contributed by atoms with Crippen molar-refractivity contribution < 1.29 is 4.74 Å². The summed E-state index contributed by atoms with van der Waals surface area (Å²) in [6, 6.07) is 4.78. The number of anilines is 1. The molecule has 1 N–H and O–H groups in total. The van der Waals surface area contributed by atoms with Gasteiger partial charge in [-0.05, 0) is 23.6 Å². The van der Waals surface area contributed by atoms with E-state index in [0.29, 0.717) is 6.04 Å². The van der Waals surface area contributed by atoms with Gasteiger partial charge < -0.3 is 15.0 Å². The van der Waals surface area contributed by atoms with Gasteiger partial charge in [0.1, 0.15) is 5.82 Å². The van der Waals surface area contributed by atoms with Gasteiger partial charge in [0.15, 0.2) is 0 Å². The molecule has 0 aliphatic carbocycles. The van der Waals surface area contributed by atoms with Crippen LogP contribution in [-0.2, 0) is 11.3 Å². The predicted octanol–water partition coefficient (Wildman–Crippen LogP) is 2.36. The third-order valence-electron chi connectivity index (χ3n) is 3.48. The van der Waals surface area contributed by atoms with Crippen LogP contribution in [0.5, 0.6) is 0 Å². The van der Waals surface area contributed by atoms with Gasteiger partial charge in [-0.3, -0.25) is 0 Å². The molecule has 1 aromatic heterocycles. The molecule has 4 heteroatoms. The minimum absolute atomic E-state index is 0.501. The van der Waals surface area contributed by atoms with E-state index in [0.717, 1.165) is 38.5 Å². The van der Waals surface area contributed by atoms with E-state index in [2.05, 4.69) is 47.3 Å². The molecule has 2 rings (SSSR count). The number of methoxy groups -OCH3 is 1. The lowest BCUT2D eigenvalue weighted by molar-refractivity contribution is 0.222. The molecule has 0 saturated carbocycles. The first-order valence-electron chi connectivity index (χ1n) is 7.29. The zero-order valence-corrected chi connectivity index (χ0v) is 12.7. The lowest BCUT2D eigenvalue weighted by Gasteiger charge is -2.27. The zero-order chi connectivity index (χ0) is 14.4.